The Bertz CT molecular complexity index is 925. The summed E-state index contributed by atoms with van der Waals surface area (Å²) in [4.78, 5) is 11.9. The average molecular weight is 397 g/mol. The Morgan fingerprint density at radius 1 is 1.00 bits per heavy atom. The Kier molecular flexibility index (Phi) is 6.43. The normalized spacial score (nSPS) is 10.5. The second kappa shape index (κ2) is 8.98. The number of amides is 1. The van der Waals surface area contributed by atoms with Crippen molar-refractivity contribution in [1.29, 1.82) is 0 Å². The number of halogens is 1. The van der Waals surface area contributed by atoms with Gasteiger partial charge < -0.3 is 9.62 Å². The number of aryl methyl sites for hydroxylation is 2. The summed E-state index contributed by atoms with van der Waals surface area (Å²) >= 11 is 7.99. The third-order valence-electron chi connectivity index (χ3n) is 4.08. The molecule has 1 amide bonds. The van der Waals surface area contributed by atoms with Crippen LogP contribution in [0.15, 0.2) is 71.6 Å². The quantitative estimate of drug-likeness (QED) is 0.379. The molecule has 5 heteroatoms. The molecule has 0 fully saturated rings. The molecule has 0 bridgehead atoms. The number of nitrogens with one attached hydrogen (secondary N) is 1. The third-order valence-corrected chi connectivity index (χ3v) is 5.56. The van der Waals surface area contributed by atoms with Crippen molar-refractivity contribution in [3.05, 3.63) is 88.4 Å². The summed E-state index contributed by atoms with van der Waals surface area (Å²) < 4.78 is 2.20. The maximum absolute atomic E-state index is 11.0. The molecule has 0 aliphatic rings. The van der Waals surface area contributed by atoms with Crippen LogP contribution in [-0.4, -0.2) is 6.41 Å². The number of hydrogen-bond donors (Lipinski definition) is 1. The zero-order valence-electron chi connectivity index (χ0n) is 15.3. The molecule has 138 valence electrons. The fourth-order valence-electron chi connectivity index (χ4n) is 2.90. The van der Waals surface area contributed by atoms with Gasteiger partial charge in [0.1, 0.15) is 0 Å². The summed E-state index contributed by atoms with van der Waals surface area (Å²) in [5, 5.41) is 3.52. The first-order valence-electron chi connectivity index (χ1n) is 8.63. The first-order chi connectivity index (χ1) is 13.1. The molecule has 3 aromatic rings. The van der Waals surface area contributed by atoms with Gasteiger partial charge in [-0.25, -0.2) is 0 Å². The van der Waals surface area contributed by atoms with Gasteiger partial charge in [-0.3, -0.25) is 4.79 Å². The van der Waals surface area contributed by atoms with Gasteiger partial charge in [0.05, 0.1) is 17.1 Å². The zero-order valence-corrected chi connectivity index (χ0v) is 16.8. The van der Waals surface area contributed by atoms with Crippen LogP contribution in [0.25, 0.3) is 0 Å². The van der Waals surface area contributed by atoms with Crippen LogP contribution in [0.1, 0.15) is 16.7 Å². The number of para-hydroxylation sites is 1. The van der Waals surface area contributed by atoms with E-state index < -0.39 is 0 Å². The highest BCUT2D eigenvalue weighted by atomic mass is 35.5. The van der Waals surface area contributed by atoms with Gasteiger partial charge in [0.15, 0.2) is 0 Å². The van der Waals surface area contributed by atoms with E-state index in [0.29, 0.717) is 13.0 Å². The molecule has 3 nitrogen and oxygen atoms in total. The molecule has 0 atom stereocenters. The number of benzene rings is 3. The summed E-state index contributed by atoms with van der Waals surface area (Å²) in [6.45, 7) is 4.83. The Labute approximate surface area is 169 Å². The molecule has 1 N–H and O–H groups in total. The highest BCUT2D eigenvalue weighted by Crippen LogP contribution is 2.36. The van der Waals surface area contributed by atoms with Crippen molar-refractivity contribution in [2.24, 2.45) is 0 Å². The van der Waals surface area contributed by atoms with Crippen LogP contribution in [0.3, 0.4) is 0 Å². The van der Waals surface area contributed by atoms with E-state index >= 15 is 0 Å². The van der Waals surface area contributed by atoms with E-state index in [0.717, 1.165) is 26.9 Å². The van der Waals surface area contributed by atoms with Crippen molar-refractivity contribution in [2.75, 3.05) is 9.62 Å². The highest BCUT2D eigenvalue weighted by molar-refractivity contribution is 8.00. The lowest BCUT2D eigenvalue weighted by molar-refractivity contribution is -0.105. The Balaban J connectivity index is 1.99. The second-order valence-electron chi connectivity index (χ2n) is 6.32. The smallest absolute Gasteiger partial charge is 0.211 e. The highest BCUT2D eigenvalue weighted by Gasteiger charge is 2.14. The number of hydrogen-bond acceptors (Lipinski definition) is 3. The maximum Gasteiger partial charge on any atom is 0.211 e. The molecule has 0 saturated carbocycles. The summed E-state index contributed by atoms with van der Waals surface area (Å²) in [5.41, 5.74) is 5.33. The van der Waals surface area contributed by atoms with Gasteiger partial charge >= 0.3 is 0 Å². The number of nitrogens with zero attached hydrogens (tertiary/aromatic N) is 1. The number of carbonyl (C=O) groups is 1. The first-order valence-corrected chi connectivity index (χ1v) is 9.78. The minimum absolute atomic E-state index is 0.642. The van der Waals surface area contributed by atoms with Crippen molar-refractivity contribution in [3.8, 4) is 0 Å². The molecule has 0 spiro atoms. The molecule has 0 aromatic heterocycles. The molecule has 0 aliphatic carbocycles. The Morgan fingerprint density at radius 3 is 2.37 bits per heavy atom. The van der Waals surface area contributed by atoms with Gasteiger partial charge in [0.2, 0.25) is 6.41 Å². The summed E-state index contributed by atoms with van der Waals surface area (Å²) in [5.74, 6) is 0. The summed E-state index contributed by atoms with van der Waals surface area (Å²) in [6.07, 6.45) is 0.703. The second-order valence-corrected chi connectivity index (χ2v) is 7.79. The molecule has 3 rings (SSSR count). The predicted octanol–water partition coefficient (Wildman–Crippen LogP) is 6.24. The fourth-order valence-corrected chi connectivity index (χ4v) is 4.11. The van der Waals surface area contributed by atoms with E-state index in [1.165, 1.54) is 11.1 Å². The van der Waals surface area contributed by atoms with Gasteiger partial charge in [0, 0.05) is 10.7 Å². The number of rotatable bonds is 7. The van der Waals surface area contributed by atoms with Gasteiger partial charge in [0.25, 0.3) is 0 Å². The molecule has 0 radical (unpaired) electrons. The van der Waals surface area contributed by atoms with E-state index in [-0.39, 0.29) is 0 Å². The van der Waals surface area contributed by atoms with Crippen LogP contribution in [0.5, 0.6) is 0 Å². The van der Waals surface area contributed by atoms with Crippen LogP contribution in [-0.2, 0) is 11.3 Å². The molecular weight excluding hydrogens is 376 g/mol. The SMILES string of the molecule is Cc1cc(C)cc(N(Cc2ccccc2Cl)Sc2ccccc2NC=O)c1. The van der Waals surface area contributed by atoms with Crippen molar-refractivity contribution in [1.82, 2.24) is 0 Å². The first kappa shape index (κ1) is 19.3. The van der Waals surface area contributed by atoms with E-state index in [4.69, 9.17) is 11.6 Å². The lowest BCUT2D eigenvalue weighted by Crippen LogP contribution is -2.15. The van der Waals surface area contributed by atoms with Crippen molar-refractivity contribution >= 4 is 41.3 Å². The monoisotopic (exact) mass is 396 g/mol. The summed E-state index contributed by atoms with van der Waals surface area (Å²) in [7, 11) is 0. The van der Waals surface area contributed by atoms with Gasteiger partial charge in [-0.05, 0) is 72.8 Å². The van der Waals surface area contributed by atoms with Crippen molar-refractivity contribution in [3.63, 3.8) is 0 Å². The lowest BCUT2D eigenvalue weighted by Gasteiger charge is -2.25. The molecule has 3 aromatic carbocycles. The Morgan fingerprint density at radius 2 is 1.67 bits per heavy atom. The maximum atomic E-state index is 11.0. The lowest BCUT2D eigenvalue weighted by atomic mass is 10.1. The van der Waals surface area contributed by atoms with E-state index in [1.807, 2.05) is 48.5 Å². The minimum Gasteiger partial charge on any atom is -0.328 e. The topological polar surface area (TPSA) is 32.3 Å². The molecule has 0 aliphatic heterocycles. The van der Waals surface area contributed by atoms with Crippen molar-refractivity contribution in [2.45, 2.75) is 25.3 Å². The number of anilines is 2. The molecule has 0 unspecified atom stereocenters. The predicted molar refractivity (Wildman–Crippen MR) is 116 cm³/mol. The van der Waals surface area contributed by atoms with E-state index in [9.17, 15) is 4.79 Å². The van der Waals surface area contributed by atoms with Crippen molar-refractivity contribution < 1.29 is 4.79 Å². The van der Waals surface area contributed by atoms with Crippen LogP contribution in [0, 0.1) is 13.8 Å². The van der Waals surface area contributed by atoms with Crippen LogP contribution >= 0.6 is 23.5 Å². The van der Waals surface area contributed by atoms with E-state index in [1.54, 1.807) is 11.9 Å². The van der Waals surface area contributed by atoms with Crippen LogP contribution in [0.2, 0.25) is 5.02 Å². The van der Waals surface area contributed by atoms with Crippen LogP contribution in [0.4, 0.5) is 11.4 Å². The third kappa shape index (κ3) is 5.06. The average Bonchev–Trinajstić information content (AvgIpc) is 2.64. The van der Waals surface area contributed by atoms with Crippen LogP contribution < -0.4 is 9.62 Å². The Hall–Kier alpha value is -2.43. The molecule has 27 heavy (non-hydrogen) atoms. The van der Waals surface area contributed by atoms with Gasteiger partial charge in [-0.1, -0.05) is 48.0 Å². The number of carbonyl (C=O) groups excluding carboxylic acids is 1. The minimum atomic E-state index is 0.642. The van der Waals surface area contributed by atoms with Gasteiger partial charge in [-0.2, -0.15) is 0 Å². The standard InChI is InChI=1S/C22H21ClN2OS/c1-16-11-17(2)13-19(12-16)25(14-18-7-3-4-8-20(18)23)27-22-10-6-5-9-21(22)24-15-26/h3-13,15H,14H2,1-2H3,(H,24,26). The molecule has 0 saturated heterocycles. The van der Waals surface area contributed by atoms with E-state index in [2.05, 4.69) is 41.7 Å². The summed E-state index contributed by atoms with van der Waals surface area (Å²) in [6, 6.07) is 22.1. The molecular formula is C22H21ClN2OS. The fraction of sp³-hybridized carbons (Fsp3) is 0.136. The largest absolute Gasteiger partial charge is 0.328 e. The molecule has 0 heterocycles. The van der Waals surface area contributed by atoms with Gasteiger partial charge in [-0.15, -0.1) is 0 Å². The zero-order chi connectivity index (χ0) is 19.2.